The molecule has 0 heterocycles. The lowest BCUT2D eigenvalue weighted by Crippen LogP contribution is -2.33. The summed E-state index contributed by atoms with van der Waals surface area (Å²) in [5.74, 6) is -1.06. The topological polar surface area (TPSA) is 49.4 Å². The van der Waals surface area contributed by atoms with Crippen molar-refractivity contribution < 1.29 is 14.0 Å². The molecule has 2 aromatic rings. The van der Waals surface area contributed by atoms with E-state index in [4.69, 9.17) is 11.6 Å². The van der Waals surface area contributed by atoms with Gasteiger partial charge in [-0.2, -0.15) is 0 Å². The molecule has 0 aliphatic carbocycles. The van der Waals surface area contributed by atoms with E-state index < -0.39 is 0 Å². The lowest BCUT2D eigenvalue weighted by atomic mass is 10.2. The minimum absolute atomic E-state index is 0.102. The third-order valence-electron chi connectivity index (χ3n) is 3.15. The standard InChI is InChI=1S/C18H16ClFN2O2/c1-22(12-17(23)21-16-8-6-14(19)7-9-16)18(24)10-5-13-3-2-4-15(20)11-13/h2-11H,12H2,1H3,(H,21,23)/b10-5+. The van der Waals surface area contributed by atoms with Crippen LogP contribution in [-0.2, 0) is 9.59 Å². The molecule has 0 aromatic heterocycles. The van der Waals surface area contributed by atoms with Crippen LogP contribution in [0.5, 0.6) is 0 Å². The minimum atomic E-state index is -0.375. The van der Waals surface area contributed by atoms with Gasteiger partial charge in [-0.15, -0.1) is 0 Å². The summed E-state index contributed by atoms with van der Waals surface area (Å²) in [7, 11) is 1.51. The van der Waals surface area contributed by atoms with E-state index in [1.54, 1.807) is 36.4 Å². The number of hydrogen-bond donors (Lipinski definition) is 1. The Hall–Kier alpha value is -2.66. The third kappa shape index (κ3) is 5.52. The van der Waals surface area contributed by atoms with E-state index in [1.165, 1.54) is 36.2 Å². The van der Waals surface area contributed by atoms with Gasteiger partial charge in [-0.3, -0.25) is 9.59 Å². The monoisotopic (exact) mass is 346 g/mol. The summed E-state index contributed by atoms with van der Waals surface area (Å²) in [6.07, 6.45) is 2.79. The van der Waals surface area contributed by atoms with Crippen molar-refractivity contribution >= 4 is 35.2 Å². The predicted octanol–water partition coefficient (Wildman–Crippen LogP) is 3.59. The fraction of sp³-hybridized carbons (Fsp3) is 0.111. The Morgan fingerprint density at radius 2 is 1.92 bits per heavy atom. The van der Waals surface area contributed by atoms with Gasteiger partial charge in [0.2, 0.25) is 11.8 Å². The summed E-state index contributed by atoms with van der Waals surface area (Å²) in [5.41, 5.74) is 1.17. The van der Waals surface area contributed by atoms with Crippen LogP contribution in [0.2, 0.25) is 5.02 Å². The maximum Gasteiger partial charge on any atom is 0.246 e. The number of carbonyl (C=O) groups is 2. The zero-order chi connectivity index (χ0) is 17.5. The SMILES string of the molecule is CN(CC(=O)Nc1ccc(Cl)cc1)C(=O)/C=C/c1cccc(F)c1. The van der Waals surface area contributed by atoms with E-state index in [9.17, 15) is 14.0 Å². The molecule has 1 N–H and O–H groups in total. The molecule has 0 spiro atoms. The highest BCUT2D eigenvalue weighted by molar-refractivity contribution is 6.30. The smallest absolute Gasteiger partial charge is 0.246 e. The first kappa shape index (κ1) is 17.7. The number of nitrogens with one attached hydrogen (secondary N) is 1. The molecule has 0 atom stereocenters. The summed E-state index contributed by atoms with van der Waals surface area (Å²) >= 11 is 5.77. The Labute approximate surface area is 144 Å². The van der Waals surface area contributed by atoms with Crippen molar-refractivity contribution in [2.24, 2.45) is 0 Å². The fourth-order valence-electron chi connectivity index (χ4n) is 1.93. The second-order valence-corrected chi connectivity index (χ2v) is 5.57. The van der Waals surface area contributed by atoms with E-state index in [-0.39, 0.29) is 24.2 Å². The quantitative estimate of drug-likeness (QED) is 0.841. The van der Waals surface area contributed by atoms with Gasteiger partial charge < -0.3 is 10.2 Å². The van der Waals surface area contributed by atoms with Crippen LogP contribution in [0.1, 0.15) is 5.56 Å². The molecule has 0 aliphatic rings. The van der Waals surface area contributed by atoms with Crippen molar-refractivity contribution in [3.63, 3.8) is 0 Å². The molecule has 0 saturated heterocycles. The van der Waals surface area contributed by atoms with Gasteiger partial charge in [0.25, 0.3) is 0 Å². The second-order valence-electron chi connectivity index (χ2n) is 5.14. The molecule has 0 fully saturated rings. The molecule has 0 unspecified atom stereocenters. The zero-order valence-electron chi connectivity index (χ0n) is 13.0. The summed E-state index contributed by atoms with van der Waals surface area (Å²) in [5, 5.41) is 3.24. The van der Waals surface area contributed by atoms with Crippen LogP contribution in [-0.4, -0.2) is 30.3 Å². The van der Waals surface area contributed by atoms with Crippen LogP contribution < -0.4 is 5.32 Å². The van der Waals surface area contributed by atoms with E-state index >= 15 is 0 Å². The lowest BCUT2D eigenvalue weighted by Gasteiger charge is -2.14. The molecule has 124 valence electrons. The van der Waals surface area contributed by atoms with Crippen LogP contribution in [0.4, 0.5) is 10.1 Å². The average molecular weight is 347 g/mol. The lowest BCUT2D eigenvalue weighted by molar-refractivity contribution is -0.129. The largest absolute Gasteiger partial charge is 0.333 e. The van der Waals surface area contributed by atoms with Gasteiger partial charge in [0.1, 0.15) is 5.82 Å². The van der Waals surface area contributed by atoms with Crippen LogP contribution >= 0.6 is 11.6 Å². The normalized spacial score (nSPS) is 10.6. The van der Waals surface area contributed by atoms with Gasteiger partial charge in [0.15, 0.2) is 0 Å². The fourth-order valence-corrected chi connectivity index (χ4v) is 2.06. The molecule has 4 nitrogen and oxygen atoms in total. The van der Waals surface area contributed by atoms with Gasteiger partial charge in [-0.25, -0.2) is 4.39 Å². The van der Waals surface area contributed by atoms with Gasteiger partial charge in [-0.05, 0) is 48.0 Å². The molecular formula is C18H16ClFN2O2. The highest BCUT2D eigenvalue weighted by Crippen LogP contribution is 2.13. The first-order chi connectivity index (χ1) is 11.4. The maximum absolute atomic E-state index is 13.1. The highest BCUT2D eigenvalue weighted by Gasteiger charge is 2.10. The number of carbonyl (C=O) groups excluding carboxylic acids is 2. The van der Waals surface area contributed by atoms with E-state index in [2.05, 4.69) is 5.32 Å². The van der Waals surface area contributed by atoms with Crippen molar-refractivity contribution in [3.8, 4) is 0 Å². The van der Waals surface area contributed by atoms with Crippen molar-refractivity contribution in [1.82, 2.24) is 4.90 Å². The second kappa shape index (κ2) is 8.26. The third-order valence-corrected chi connectivity index (χ3v) is 3.40. The summed E-state index contributed by atoms with van der Waals surface area (Å²) in [6, 6.07) is 12.5. The first-order valence-electron chi connectivity index (χ1n) is 7.18. The number of anilines is 1. The summed E-state index contributed by atoms with van der Waals surface area (Å²) in [6.45, 7) is -0.102. The zero-order valence-corrected chi connectivity index (χ0v) is 13.8. The highest BCUT2D eigenvalue weighted by atomic mass is 35.5. The molecular weight excluding hydrogens is 331 g/mol. The number of halogens is 2. The van der Waals surface area contributed by atoms with Crippen molar-refractivity contribution in [2.75, 3.05) is 18.9 Å². The molecule has 24 heavy (non-hydrogen) atoms. The molecule has 2 amide bonds. The van der Waals surface area contributed by atoms with Gasteiger partial charge in [0, 0.05) is 23.8 Å². The molecule has 6 heteroatoms. The van der Waals surface area contributed by atoms with E-state index in [0.29, 0.717) is 16.3 Å². The molecule has 0 bridgehead atoms. The average Bonchev–Trinajstić information content (AvgIpc) is 2.54. The van der Waals surface area contributed by atoms with E-state index in [0.717, 1.165) is 0 Å². The Morgan fingerprint density at radius 3 is 2.58 bits per heavy atom. The van der Waals surface area contributed by atoms with Crippen molar-refractivity contribution in [3.05, 3.63) is 71.0 Å². The van der Waals surface area contributed by atoms with Crippen LogP contribution in [0.3, 0.4) is 0 Å². The maximum atomic E-state index is 13.1. The number of likely N-dealkylation sites (N-methyl/N-ethyl adjacent to an activating group) is 1. The molecule has 0 radical (unpaired) electrons. The Kier molecular flexibility index (Phi) is 6.09. The molecule has 2 aromatic carbocycles. The number of nitrogens with zero attached hydrogens (tertiary/aromatic N) is 1. The summed E-state index contributed by atoms with van der Waals surface area (Å²) in [4.78, 5) is 25.2. The Morgan fingerprint density at radius 1 is 1.21 bits per heavy atom. The van der Waals surface area contributed by atoms with Gasteiger partial charge in [-0.1, -0.05) is 23.7 Å². The molecule has 2 rings (SSSR count). The first-order valence-corrected chi connectivity index (χ1v) is 7.56. The van der Waals surface area contributed by atoms with Crippen LogP contribution in [0, 0.1) is 5.82 Å². The Bertz CT molecular complexity index is 760. The van der Waals surface area contributed by atoms with Gasteiger partial charge in [0.05, 0.1) is 6.54 Å². The van der Waals surface area contributed by atoms with E-state index in [1.807, 2.05) is 0 Å². The number of rotatable bonds is 5. The summed E-state index contributed by atoms with van der Waals surface area (Å²) < 4.78 is 13.1. The molecule has 0 saturated carbocycles. The number of benzene rings is 2. The van der Waals surface area contributed by atoms with Crippen LogP contribution in [0.15, 0.2) is 54.6 Å². The Balaban J connectivity index is 1.88. The van der Waals surface area contributed by atoms with Crippen molar-refractivity contribution in [1.29, 1.82) is 0 Å². The number of amides is 2. The van der Waals surface area contributed by atoms with Gasteiger partial charge >= 0.3 is 0 Å². The minimum Gasteiger partial charge on any atom is -0.333 e. The molecule has 0 aliphatic heterocycles. The predicted molar refractivity (Wildman–Crippen MR) is 93.2 cm³/mol. The van der Waals surface area contributed by atoms with Crippen LogP contribution in [0.25, 0.3) is 6.08 Å². The van der Waals surface area contributed by atoms with Crippen molar-refractivity contribution in [2.45, 2.75) is 0 Å². The number of hydrogen-bond acceptors (Lipinski definition) is 2.